The third-order valence-electron chi connectivity index (χ3n) is 2.80. The van der Waals surface area contributed by atoms with Gasteiger partial charge in [0, 0.05) is 23.9 Å². The molecule has 1 amide bonds. The van der Waals surface area contributed by atoms with Gasteiger partial charge in [0.15, 0.2) is 0 Å². The lowest BCUT2D eigenvalue weighted by Crippen LogP contribution is -2.28. The fourth-order valence-corrected chi connectivity index (χ4v) is 1.72. The molecule has 0 fully saturated rings. The summed E-state index contributed by atoms with van der Waals surface area (Å²) < 4.78 is 1.20. The molecule has 1 N–H and O–H groups in total. The van der Waals surface area contributed by atoms with Crippen molar-refractivity contribution in [2.24, 2.45) is 5.10 Å². The van der Waals surface area contributed by atoms with Gasteiger partial charge >= 0.3 is 0 Å². The minimum absolute atomic E-state index is 0.212. The SMILES string of the molecule is O=C(Cn1ccccc1=O)N/N=C\c1ccc([O-])c([N+](=O)[O-])c1. The second-order valence-electron chi connectivity index (χ2n) is 4.44. The highest BCUT2D eigenvalue weighted by atomic mass is 16.6. The number of amides is 1. The summed E-state index contributed by atoms with van der Waals surface area (Å²) in [6.45, 7) is -0.212. The average molecular weight is 315 g/mol. The van der Waals surface area contributed by atoms with Crippen molar-refractivity contribution >= 4 is 17.8 Å². The van der Waals surface area contributed by atoms with Crippen molar-refractivity contribution in [1.82, 2.24) is 9.99 Å². The molecule has 23 heavy (non-hydrogen) atoms. The van der Waals surface area contributed by atoms with Gasteiger partial charge in [-0.25, -0.2) is 5.43 Å². The van der Waals surface area contributed by atoms with E-state index in [1.54, 1.807) is 12.1 Å². The Morgan fingerprint density at radius 2 is 2.13 bits per heavy atom. The number of hydrazone groups is 1. The molecule has 1 heterocycles. The van der Waals surface area contributed by atoms with Crippen LogP contribution < -0.4 is 16.1 Å². The number of benzene rings is 1. The van der Waals surface area contributed by atoms with Crippen molar-refractivity contribution in [1.29, 1.82) is 0 Å². The molecule has 2 rings (SSSR count). The highest BCUT2D eigenvalue weighted by molar-refractivity contribution is 5.83. The van der Waals surface area contributed by atoms with Gasteiger partial charge in [0.25, 0.3) is 17.2 Å². The molecule has 0 radical (unpaired) electrons. The zero-order valence-corrected chi connectivity index (χ0v) is 11.7. The smallest absolute Gasteiger partial charge is 0.262 e. The van der Waals surface area contributed by atoms with Crippen LogP contribution in [0.1, 0.15) is 5.56 Å². The Morgan fingerprint density at radius 1 is 1.35 bits per heavy atom. The average Bonchev–Trinajstić information content (AvgIpc) is 2.51. The second kappa shape index (κ2) is 6.98. The number of carbonyl (C=O) groups excluding carboxylic acids is 1. The third kappa shape index (κ3) is 4.24. The van der Waals surface area contributed by atoms with Gasteiger partial charge in [-0.2, -0.15) is 5.10 Å². The molecule has 1 aromatic carbocycles. The normalized spacial score (nSPS) is 10.6. The highest BCUT2D eigenvalue weighted by Crippen LogP contribution is 2.22. The van der Waals surface area contributed by atoms with Crippen molar-refractivity contribution in [2.75, 3.05) is 0 Å². The van der Waals surface area contributed by atoms with Gasteiger partial charge in [-0.15, -0.1) is 0 Å². The molecule has 0 aliphatic heterocycles. The Hall–Kier alpha value is -3.49. The molecule has 0 atom stereocenters. The number of hydrogen-bond acceptors (Lipinski definition) is 6. The predicted octanol–water partition coefficient (Wildman–Crippen LogP) is -0.0196. The minimum atomic E-state index is -0.792. The van der Waals surface area contributed by atoms with Gasteiger partial charge in [-0.1, -0.05) is 18.2 Å². The summed E-state index contributed by atoms with van der Waals surface area (Å²) in [6.07, 6.45) is 2.63. The van der Waals surface area contributed by atoms with Gasteiger partial charge in [0.1, 0.15) is 6.54 Å². The minimum Gasteiger partial charge on any atom is -0.868 e. The summed E-state index contributed by atoms with van der Waals surface area (Å²) in [7, 11) is 0. The van der Waals surface area contributed by atoms with Crippen LogP contribution in [0.15, 0.2) is 52.5 Å². The Labute approximate surface area is 129 Å². The van der Waals surface area contributed by atoms with Crippen LogP contribution in [-0.2, 0) is 11.3 Å². The summed E-state index contributed by atoms with van der Waals surface area (Å²) >= 11 is 0. The molecule has 2 aromatic rings. The van der Waals surface area contributed by atoms with Crippen molar-refractivity contribution in [3.05, 3.63) is 68.6 Å². The molecular formula is C14H11N4O5-. The fourth-order valence-electron chi connectivity index (χ4n) is 1.72. The monoisotopic (exact) mass is 315 g/mol. The maximum atomic E-state index is 11.6. The number of carbonyl (C=O) groups is 1. The van der Waals surface area contributed by atoms with E-state index in [9.17, 15) is 24.8 Å². The van der Waals surface area contributed by atoms with Crippen LogP contribution in [-0.4, -0.2) is 21.6 Å². The van der Waals surface area contributed by atoms with E-state index in [1.165, 1.54) is 22.9 Å². The number of pyridine rings is 1. The highest BCUT2D eigenvalue weighted by Gasteiger charge is 2.07. The number of aromatic nitrogens is 1. The Morgan fingerprint density at radius 3 is 2.83 bits per heavy atom. The van der Waals surface area contributed by atoms with Gasteiger partial charge in [0.05, 0.1) is 11.1 Å². The predicted molar refractivity (Wildman–Crippen MR) is 79.0 cm³/mol. The molecule has 118 valence electrons. The Kier molecular flexibility index (Phi) is 4.82. The zero-order valence-electron chi connectivity index (χ0n) is 11.7. The second-order valence-corrected chi connectivity index (χ2v) is 4.44. The van der Waals surface area contributed by atoms with Gasteiger partial charge < -0.3 is 9.67 Å². The van der Waals surface area contributed by atoms with Crippen LogP contribution in [0.2, 0.25) is 0 Å². The first-order valence-electron chi connectivity index (χ1n) is 6.40. The van der Waals surface area contributed by atoms with Crippen LogP contribution in [0.4, 0.5) is 5.69 Å². The molecule has 0 spiro atoms. The maximum Gasteiger partial charge on any atom is 0.262 e. The Balaban J connectivity index is 2.00. The number of nitro groups is 1. The number of hydrogen-bond donors (Lipinski definition) is 1. The van der Waals surface area contributed by atoms with Gasteiger partial charge in [-0.05, 0) is 11.8 Å². The topological polar surface area (TPSA) is 130 Å². The molecule has 0 aliphatic carbocycles. The first-order chi connectivity index (χ1) is 11.0. The fraction of sp³-hybridized carbons (Fsp3) is 0.0714. The summed E-state index contributed by atoms with van der Waals surface area (Å²) in [5.41, 5.74) is 1.58. The van der Waals surface area contributed by atoms with Crippen LogP contribution in [0.5, 0.6) is 5.75 Å². The van der Waals surface area contributed by atoms with E-state index in [-0.39, 0.29) is 17.7 Å². The number of nitrogens with zero attached hydrogens (tertiary/aromatic N) is 3. The van der Waals surface area contributed by atoms with E-state index in [2.05, 4.69) is 10.5 Å². The summed E-state index contributed by atoms with van der Waals surface area (Å²) in [5.74, 6) is -1.25. The van der Waals surface area contributed by atoms with Gasteiger partial charge in [-0.3, -0.25) is 19.7 Å². The summed E-state index contributed by atoms with van der Waals surface area (Å²) in [6, 6.07) is 7.93. The van der Waals surface area contributed by atoms with Crippen molar-refractivity contribution in [3.63, 3.8) is 0 Å². The number of rotatable bonds is 5. The van der Waals surface area contributed by atoms with Crippen molar-refractivity contribution in [2.45, 2.75) is 6.54 Å². The summed E-state index contributed by atoms with van der Waals surface area (Å²) in [5, 5.41) is 25.5. The largest absolute Gasteiger partial charge is 0.868 e. The van der Waals surface area contributed by atoms with Gasteiger partial charge in [0.2, 0.25) is 0 Å². The van der Waals surface area contributed by atoms with E-state index >= 15 is 0 Å². The van der Waals surface area contributed by atoms with Crippen LogP contribution in [0, 0.1) is 10.1 Å². The van der Waals surface area contributed by atoms with Crippen LogP contribution >= 0.6 is 0 Å². The maximum absolute atomic E-state index is 11.6. The number of nitrogens with one attached hydrogen (secondary N) is 1. The van der Waals surface area contributed by atoms with Crippen molar-refractivity contribution < 1.29 is 14.8 Å². The Bertz CT molecular complexity index is 828. The molecular weight excluding hydrogens is 304 g/mol. The quantitative estimate of drug-likeness (QED) is 0.471. The molecule has 9 heteroatoms. The third-order valence-corrected chi connectivity index (χ3v) is 2.80. The van der Waals surface area contributed by atoms with Crippen molar-refractivity contribution in [3.8, 4) is 5.75 Å². The molecule has 0 aliphatic rings. The van der Waals surface area contributed by atoms with Crippen LogP contribution in [0.3, 0.4) is 0 Å². The number of nitro benzene ring substituents is 1. The van der Waals surface area contributed by atoms with Crippen LogP contribution in [0.25, 0.3) is 0 Å². The lowest BCUT2D eigenvalue weighted by molar-refractivity contribution is -0.398. The standard InChI is InChI=1S/C14H12N4O5/c19-12-5-4-10(7-11(12)18(22)23)8-15-16-13(20)9-17-6-2-1-3-14(17)21/h1-8,19H,9H2,(H,16,20)/p-1/b15-8-. The lowest BCUT2D eigenvalue weighted by Gasteiger charge is -2.06. The first-order valence-corrected chi connectivity index (χ1v) is 6.40. The first kappa shape index (κ1) is 15.9. The molecule has 0 saturated heterocycles. The van der Waals surface area contributed by atoms with E-state index in [4.69, 9.17) is 0 Å². The van der Waals surface area contributed by atoms with E-state index in [1.807, 2.05) is 0 Å². The van der Waals surface area contributed by atoms with E-state index in [0.29, 0.717) is 0 Å². The summed E-state index contributed by atoms with van der Waals surface area (Å²) in [4.78, 5) is 32.9. The molecule has 9 nitrogen and oxygen atoms in total. The molecule has 0 bridgehead atoms. The van der Waals surface area contributed by atoms with E-state index in [0.717, 1.165) is 18.3 Å². The zero-order chi connectivity index (χ0) is 16.8. The molecule has 0 unspecified atom stereocenters. The van der Waals surface area contributed by atoms with E-state index < -0.39 is 22.3 Å². The lowest BCUT2D eigenvalue weighted by atomic mass is 10.2. The molecule has 0 saturated carbocycles. The molecule has 1 aromatic heterocycles.